The number of anilines is 1. The molecule has 2 aromatic carbocycles. The van der Waals surface area contributed by atoms with Crippen molar-refractivity contribution in [3.8, 4) is 0 Å². The highest BCUT2D eigenvalue weighted by Gasteiger charge is 2.30. The lowest BCUT2D eigenvalue weighted by molar-refractivity contribution is -0.139. The second kappa shape index (κ2) is 11.7. The van der Waals surface area contributed by atoms with Gasteiger partial charge in [0.1, 0.15) is 18.4 Å². The normalized spacial score (nSPS) is 12.0. The first-order valence-corrected chi connectivity index (χ1v) is 12.7. The molecule has 0 heterocycles. The standard InChI is InChI=1S/C24H30FN3O5S/c1-5-13-26-24(31)17(2)27(15-19-9-11-21(25)12-10-19)23(30)16-28(34(4,32)33)22-8-6-7-20(14-22)18(3)29/h6-12,14,17H,5,13,15-16H2,1-4H3,(H,26,31). The van der Waals surface area contributed by atoms with E-state index < -0.39 is 34.3 Å². The Hall–Kier alpha value is -3.27. The van der Waals surface area contributed by atoms with Crippen LogP contribution >= 0.6 is 0 Å². The van der Waals surface area contributed by atoms with Gasteiger partial charge >= 0.3 is 0 Å². The summed E-state index contributed by atoms with van der Waals surface area (Å²) in [4.78, 5) is 39.0. The number of ketones is 1. The van der Waals surface area contributed by atoms with Crippen molar-refractivity contribution in [2.45, 2.75) is 39.8 Å². The Morgan fingerprint density at radius 2 is 1.74 bits per heavy atom. The first-order valence-electron chi connectivity index (χ1n) is 10.8. The zero-order chi connectivity index (χ0) is 25.5. The molecule has 0 radical (unpaired) electrons. The van der Waals surface area contributed by atoms with E-state index in [2.05, 4.69) is 5.32 Å². The second-order valence-electron chi connectivity index (χ2n) is 7.99. The molecule has 2 rings (SSSR count). The molecule has 8 nitrogen and oxygen atoms in total. The number of benzene rings is 2. The summed E-state index contributed by atoms with van der Waals surface area (Å²) in [5.41, 5.74) is 1.04. The van der Waals surface area contributed by atoms with E-state index >= 15 is 0 Å². The van der Waals surface area contributed by atoms with E-state index in [0.717, 1.165) is 10.6 Å². The van der Waals surface area contributed by atoms with E-state index in [-0.39, 0.29) is 23.9 Å². The minimum absolute atomic E-state index is 0.0229. The van der Waals surface area contributed by atoms with Gasteiger partial charge < -0.3 is 10.2 Å². The summed E-state index contributed by atoms with van der Waals surface area (Å²) in [5.74, 6) is -1.70. The van der Waals surface area contributed by atoms with Gasteiger partial charge in [-0.15, -0.1) is 0 Å². The van der Waals surface area contributed by atoms with Gasteiger partial charge in [-0.2, -0.15) is 0 Å². The highest BCUT2D eigenvalue weighted by atomic mass is 32.2. The zero-order valence-corrected chi connectivity index (χ0v) is 20.6. The van der Waals surface area contributed by atoms with Gasteiger partial charge in [-0.05, 0) is 50.1 Å². The number of nitrogens with one attached hydrogen (secondary N) is 1. The Bertz CT molecular complexity index is 1140. The number of nitrogens with zero attached hydrogens (tertiary/aromatic N) is 2. The third-order valence-electron chi connectivity index (χ3n) is 5.20. The topological polar surface area (TPSA) is 104 Å². The molecule has 1 N–H and O–H groups in total. The van der Waals surface area contributed by atoms with E-state index in [0.29, 0.717) is 24.1 Å². The van der Waals surface area contributed by atoms with Crippen LogP contribution < -0.4 is 9.62 Å². The molecule has 34 heavy (non-hydrogen) atoms. The van der Waals surface area contributed by atoms with Crippen molar-refractivity contribution in [3.63, 3.8) is 0 Å². The smallest absolute Gasteiger partial charge is 0.244 e. The molecule has 2 amide bonds. The third kappa shape index (κ3) is 7.38. The molecule has 184 valence electrons. The molecule has 0 aliphatic rings. The summed E-state index contributed by atoms with van der Waals surface area (Å²) in [7, 11) is -3.90. The molecule has 0 aromatic heterocycles. The third-order valence-corrected chi connectivity index (χ3v) is 6.34. The van der Waals surface area contributed by atoms with Gasteiger partial charge in [0.2, 0.25) is 21.8 Å². The van der Waals surface area contributed by atoms with Gasteiger partial charge in [0.25, 0.3) is 0 Å². The number of hydrogen-bond acceptors (Lipinski definition) is 5. The van der Waals surface area contributed by atoms with Crippen LogP contribution in [0.2, 0.25) is 0 Å². The molecule has 0 fully saturated rings. The molecule has 0 saturated carbocycles. The highest BCUT2D eigenvalue weighted by Crippen LogP contribution is 2.21. The molecular formula is C24H30FN3O5S. The number of rotatable bonds is 11. The van der Waals surface area contributed by atoms with E-state index in [1.807, 2.05) is 6.92 Å². The SMILES string of the molecule is CCCNC(=O)C(C)N(Cc1ccc(F)cc1)C(=O)CN(c1cccc(C(C)=O)c1)S(C)(=O)=O. The van der Waals surface area contributed by atoms with Crippen LogP contribution in [0.15, 0.2) is 48.5 Å². The lowest BCUT2D eigenvalue weighted by Gasteiger charge is -2.31. The molecule has 0 aliphatic carbocycles. The molecule has 0 spiro atoms. The zero-order valence-electron chi connectivity index (χ0n) is 19.7. The second-order valence-corrected chi connectivity index (χ2v) is 9.90. The van der Waals surface area contributed by atoms with E-state index in [9.17, 15) is 27.2 Å². The van der Waals surface area contributed by atoms with Crippen molar-refractivity contribution < 1.29 is 27.2 Å². The van der Waals surface area contributed by atoms with Crippen LogP contribution in [-0.2, 0) is 26.2 Å². The Labute approximate surface area is 199 Å². The maximum absolute atomic E-state index is 13.4. The average molecular weight is 492 g/mol. The maximum atomic E-state index is 13.4. The predicted molar refractivity (Wildman–Crippen MR) is 128 cm³/mol. The fraction of sp³-hybridized carbons (Fsp3) is 0.375. The van der Waals surface area contributed by atoms with Gasteiger partial charge in [0, 0.05) is 18.7 Å². The Morgan fingerprint density at radius 3 is 2.29 bits per heavy atom. The van der Waals surface area contributed by atoms with E-state index in [4.69, 9.17) is 0 Å². The number of carbonyl (C=O) groups is 3. The van der Waals surface area contributed by atoms with Gasteiger partial charge in [-0.3, -0.25) is 18.7 Å². The quantitative estimate of drug-likeness (QED) is 0.487. The fourth-order valence-electron chi connectivity index (χ4n) is 3.26. The summed E-state index contributed by atoms with van der Waals surface area (Å²) in [6.45, 7) is 4.63. The minimum Gasteiger partial charge on any atom is -0.354 e. The lowest BCUT2D eigenvalue weighted by Crippen LogP contribution is -2.51. The summed E-state index contributed by atoms with van der Waals surface area (Å²) in [5, 5.41) is 2.74. The minimum atomic E-state index is -3.90. The van der Waals surface area contributed by atoms with Gasteiger partial charge in [0.05, 0.1) is 11.9 Å². The van der Waals surface area contributed by atoms with Crippen LogP contribution in [0, 0.1) is 5.82 Å². The molecule has 0 bridgehead atoms. The van der Waals surface area contributed by atoms with Crippen molar-refractivity contribution in [1.29, 1.82) is 0 Å². The van der Waals surface area contributed by atoms with Crippen LogP contribution in [0.3, 0.4) is 0 Å². The molecule has 1 atom stereocenters. The van der Waals surface area contributed by atoms with E-state index in [1.54, 1.807) is 13.0 Å². The Morgan fingerprint density at radius 1 is 1.09 bits per heavy atom. The summed E-state index contributed by atoms with van der Waals surface area (Å²) in [6.07, 6.45) is 1.67. The van der Waals surface area contributed by atoms with Crippen LogP contribution in [-0.4, -0.2) is 56.3 Å². The van der Waals surface area contributed by atoms with Crippen molar-refractivity contribution in [3.05, 3.63) is 65.5 Å². The van der Waals surface area contributed by atoms with Crippen molar-refractivity contribution in [2.75, 3.05) is 23.7 Å². The summed E-state index contributed by atoms with van der Waals surface area (Å²) in [6, 6.07) is 10.6. The molecular weight excluding hydrogens is 461 g/mol. The summed E-state index contributed by atoms with van der Waals surface area (Å²) < 4.78 is 39.4. The van der Waals surface area contributed by atoms with Crippen molar-refractivity contribution in [1.82, 2.24) is 10.2 Å². The van der Waals surface area contributed by atoms with Gasteiger partial charge in [-0.1, -0.05) is 31.2 Å². The first-order chi connectivity index (χ1) is 15.9. The van der Waals surface area contributed by atoms with Gasteiger partial charge in [0.15, 0.2) is 5.78 Å². The number of hydrogen-bond donors (Lipinski definition) is 1. The molecule has 10 heteroatoms. The fourth-order valence-corrected chi connectivity index (χ4v) is 4.10. The number of halogens is 1. The number of carbonyl (C=O) groups excluding carboxylic acids is 3. The number of amides is 2. The van der Waals surface area contributed by atoms with Crippen LogP contribution in [0.5, 0.6) is 0 Å². The molecule has 0 saturated heterocycles. The number of sulfonamides is 1. The van der Waals surface area contributed by atoms with Crippen molar-refractivity contribution >= 4 is 33.3 Å². The molecule has 0 aliphatic heterocycles. The Kier molecular flexibility index (Phi) is 9.31. The molecule has 2 aromatic rings. The van der Waals surface area contributed by atoms with E-state index in [1.165, 1.54) is 54.3 Å². The monoisotopic (exact) mass is 491 g/mol. The van der Waals surface area contributed by atoms with Crippen LogP contribution in [0.25, 0.3) is 0 Å². The highest BCUT2D eigenvalue weighted by molar-refractivity contribution is 7.92. The van der Waals surface area contributed by atoms with Crippen LogP contribution in [0.1, 0.15) is 43.1 Å². The largest absolute Gasteiger partial charge is 0.354 e. The average Bonchev–Trinajstić information content (AvgIpc) is 2.79. The van der Waals surface area contributed by atoms with Crippen LogP contribution in [0.4, 0.5) is 10.1 Å². The van der Waals surface area contributed by atoms with Gasteiger partial charge in [-0.25, -0.2) is 12.8 Å². The number of Topliss-reactive ketones (excluding diaryl/α,β-unsaturated/α-hetero) is 1. The van der Waals surface area contributed by atoms with Crippen molar-refractivity contribution in [2.24, 2.45) is 0 Å². The Balaban J connectivity index is 2.40. The molecule has 1 unspecified atom stereocenters. The predicted octanol–water partition coefficient (Wildman–Crippen LogP) is 2.74. The maximum Gasteiger partial charge on any atom is 0.244 e. The lowest BCUT2D eigenvalue weighted by atomic mass is 10.1. The first kappa shape index (κ1) is 27.0. The summed E-state index contributed by atoms with van der Waals surface area (Å²) >= 11 is 0.